The molecule has 1 N–H and O–H groups in total. The van der Waals surface area contributed by atoms with E-state index in [9.17, 15) is 14.4 Å². The molecular formula is C14H16N4O5. The van der Waals surface area contributed by atoms with Crippen molar-refractivity contribution in [3.63, 3.8) is 0 Å². The highest BCUT2D eigenvalue weighted by Crippen LogP contribution is 2.10. The van der Waals surface area contributed by atoms with Crippen LogP contribution in [0.4, 0.5) is 5.82 Å². The molecule has 0 radical (unpaired) electrons. The van der Waals surface area contributed by atoms with Gasteiger partial charge in [0.25, 0.3) is 11.5 Å². The SMILES string of the molecule is CCC(OC(=O)c1ccc(=O)n(C)n1)C(=O)Nc1cc(C)on1. The van der Waals surface area contributed by atoms with Gasteiger partial charge in [0.2, 0.25) is 0 Å². The van der Waals surface area contributed by atoms with Gasteiger partial charge in [0.15, 0.2) is 17.6 Å². The molecule has 0 spiro atoms. The van der Waals surface area contributed by atoms with Gasteiger partial charge in [-0.25, -0.2) is 9.48 Å². The number of aromatic nitrogens is 3. The van der Waals surface area contributed by atoms with Crippen LogP contribution in [0.2, 0.25) is 0 Å². The topological polar surface area (TPSA) is 116 Å². The van der Waals surface area contributed by atoms with Crippen molar-refractivity contribution in [2.24, 2.45) is 7.05 Å². The van der Waals surface area contributed by atoms with Crippen LogP contribution >= 0.6 is 0 Å². The fourth-order valence-corrected chi connectivity index (χ4v) is 1.76. The lowest BCUT2D eigenvalue weighted by Gasteiger charge is -2.14. The lowest BCUT2D eigenvalue weighted by molar-refractivity contribution is -0.124. The lowest BCUT2D eigenvalue weighted by Crippen LogP contribution is -2.33. The zero-order valence-electron chi connectivity index (χ0n) is 12.9. The Hall–Kier alpha value is -2.97. The second-order valence-electron chi connectivity index (χ2n) is 4.79. The average molecular weight is 320 g/mol. The molecule has 0 aromatic carbocycles. The minimum atomic E-state index is -1.02. The van der Waals surface area contributed by atoms with E-state index in [4.69, 9.17) is 9.26 Å². The second kappa shape index (κ2) is 6.86. The molecule has 1 amide bonds. The van der Waals surface area contributed by atoms with Crippen molar-refractivity contribution in [3.8, 4) is 0 Å². The van der Waals surface area contributed by atoms with Crippen LogP contribution in [0.3, 0.4) is 0 Å². The first-order valence-electron chi connectivity index (χ1n) is 6.90. The molecule has 0 aliphatic carbocycles. The molecule has 0 aliphatic heterocycles. The van der Waals surface area contributed by atoms with Gasteiger partial charge < -0.3 is 14.6 Å². The summed E-state index contributed by atoms with van der Waals surface area (Å²) < 4.78 is 11.0. The van der Waals surface area contributed by atoms with E-state index in [0.29, 0.717) is 5.76 Å². The van der Waals surface area contributed by atoms with Gasteiger partial charge in [-0.05, 0) is 19.4 Å². The molecule has 9 nitrogen and oxygen atoms in total. The zero-order valence-corrected chi connectivity index (χ0v) is 12.9. The molecule has 0 aliphatic rings. The largest absolute Gasteiger partial charge is 0.447 e. The molecule has 1 atom stereocenters. The molecule has 2 aromatic heterocycles. The number of rotatable bonds is 5. The van der Waals surface area contributed by atoms with Gasteiger partial charge in [-0.2, -0.15) is 5.10 Å². The second-order valence-corrected chi connectivity index (χ2v) is 4.79. The molecule has 2 heterocycles. The maximum Gasteiger partial charge on any atom is 0.359 e. The van der Waals surface area contributed by atoms with Crippen molar-refractivity contribution in [1.29, 1.82) is 0 Å². The lowest BCUT2D eigenvalue weighted by atomic mass is 10.2. The highest BCUT2D eigenvalue weighted by Gasteiger charge is 2.23. The number of carbonyl (C=O) groups excluding carboxylic acids is 2. The van der Waals surface area contributed by atoms with E-state index in [0.717, 1.165) is 4.68 Å². The van der Waals surface area contributed by atoms with Crippen LogP contribution in [0.5, 0.6) is 0 Å². The Morgan fingerprint density at radius 1 is 1.43 bits per heavy atom. The van der Waals surface area contributed by atoms with Gasteiger partial charge in [-0.15, -0.1) is 0 Å². The molecule has 23 heavy (non-hydrogen) atoms. The molecular weight excluding hydrogens is 304 g/mol. The molecule has 122 valence electrons. The quantitative estimate of drug-likeness (QED) is 0.804. The minimum absolute atomic E-state index is 0.0596. The van der Waals surface area contributed by atoms with Crippen LogP contribution in [0.25, 0.3) is 0 Å². The Bertz CT molecular complexity index is 779. The van der Waals surface area contributed by atoms with E-state index in [-0.39, 0.29) is 23.5 Å². The fraction of sp³-hybridized carbons (Fsp3) is 0.357. The number of nitrogens with zero attached hydrogens (tertiary/aromatic N) is 3. The van der Waals surface area contributed by atoms with Crippen LogP contribution < -0.4 is 10.9 Å². The van der Waals surface area contributed by atoms with E-state index in [1.807, 2.05) is 0 Å². The van der Waals surface area contributed by atoms with Crippen LogP contribution in [0.1, 0.15) is 29.6 Å². The standard InChI is InChI=1S/C14H16N4O5/c1-4-10(13(20)15-11-7-8(2)23-17-11)22-14(21)9-5-6-12(19)18(3)16-9/h5-7,10H,4H2,1-3H3,(H,15,17,20). The summed E-state index contributed by atoms with van der Waals surface area (Å²) in [5.74, 6) is -0.542. The number of carbonyl (C=O) groups is 2. The van der Waals surface area contributed by atoms with Gasteiger partial charge in [-0.1, -0.05) is 12.1 Å². The highest BCUT2D eigenvalue weighted by molar-refractivity contribution is 5.96. The van der Waals surface area contributed by atoms with Crippen molar-refractivity contribution >= 4 is 17.7 Å². The highest BCUT2D eigenvalue weighted by atomic mass is 16.5. The number of anilines is 1. The number of esters is 1. The Balaban J connectivity index is 2.05. The van der Waals surface area contributed by atoms with Crippen LogP contribution in [-0.2, 0) is 16.6 Å². The van der Waals surface area contributed by atoms with Gasteiger partial charge in [0.1, 0.15) is 5.76 Å². The Labute approximate surface area is 131 Å². The maximum atomic E-state index is 12.1. The first kappa shape index (κ1) is 16.4. The number of hydrogen-bond acceptors (Lipinski definition) is 7. The number of hydrogen-bond donors (Lipinski definition) is 1. The zero-order chi connectivity index (χ0) is 17.0. The molecule has 0 saturated heterocycles. The average Bonchev–Trinajstić information content (AvgIpc) is 2.92. The van der Waals surface area contributed by atoms with Gasteiger partial charge >= 0.3 is 5.97 Å². The first-order chi connectivity index (χ1) is 10.9. The summed E-state index contributed by atoms with van der Waals surface area (Å²) in [4.78, 5) is 35.4. The number of nitrogens with one attached hydrogen (secondary N) is 1. The van der Waals surface area contributed by atoms with Crippen molar-refractivity contribution in [2.45, 2.75) is 26.4 Å². The molecule has 2 aromatic rings. The Morgan fingerprint density at radius 2 is 2.17 bits per heavy atom. The summed E-state index contributed by atoms with van der Waals surface area (Å²) in [6.45, 7) is 3.38. The number of amides is 1. The predicted octanol–water partition coefficient (Wildman–Crippen LogP) is 0.651. The van der Waals surface area contributed by atoms with Crippen molar-refractivity contribution < 1.29 is 18.8 Å². The van der Waals surface area contributed by atoms with Crippen LogP contribution in [0, 0.1) is 6.92 Å². The molecule has 0 fully saturated rings. The van der Waals surface area contributed by atoms with Crippen LogP contribution in [0.15, 0.2) is 27.5 Å². The monoisotopic (exact) mass is 320 g/mol. The predicted molar refractivity (Wildman–Crippen MR) is 78.8 cm³/mol. The molecule has 0 saturated carbocycles. The van der Waals surface area contributed by atoms with Gasteiger partial charge in [0, 0.05) is 19.2 Å². The summed E-state index contributed by atoms with van der Waals surface area (Å²) in [6, 6.07) is 3.99. The fourth-order valence-electron chi connectivity index (χ4n) is 1.76. The smallest absolute Gasteiger partial charge is 0.359 e. The van der Waals surface area contributed by atoms with E-state index in [1.165, 1.54) is 19.2 Å². The van der Waals surface area contributed by atoms with E-state index in [1.54, 1.807) is 19.9 Å². The molecule has 9 heteroatoms. The van der Waals surface area contributed by atoms with Crippen molar-refractivity contribution in [2.75, 3.05) is 5.32 Å². The minimum Gasteiger partial charge on any atom is -0.447 e. The van der Waals surface area contributed by atoms with Crippen molar-refractivity contribution in [1.82, 2.24) is 14.9 Å². The molecule has 1 unspecified atom stereocenters. The molecule has 0 bridgehead atoms. The maximum absolute atomic E-state index is 12.1. The first-order valence-corrected chi connectivity index (χ1v) is 6.90. The third kappa shape index (κ3) is 4.02. The van der Waals surface area contributed by atoms with E-state index >= 15 is 0 Å². The summed E-state index contributed by atoms with van der Waals surface area (Å²) in [6.07, 6.45) is -0.751. The summed E-state index contributed by atoms with van der Waals surface area (Å²) in [5.41, 5.74) is -0.414. The van der Waals surface area contributed by atoms with Gasteiger partial charge in [0.05, 0.1) is 0 Å². The van der Waals surface area contributed by atoms with Crippen molar-refractivity contribution in [3.05, 3.63) is 40.0 Å². The van der Waals surface area contributed by atoms with Crippen LogP contribution in [-0.4, -0.2) is 32.9 Å². The normalized spacial score (nSPS) is 11.8. The third-order valence-electron chi connectivity index (χ3n) is 2.96. The molecule has 2 rings (SSSR count). The van der Waals surface area contributed by atoms with E-state index in [2.05, 4.69) is 15.6 Å². The summed E-state index contributed by atoms with van der Waals surface area (Å²) in [5, 5.41) is 9.90. The number of ether oxygens (including phenoxy) is 1. The van der Waals surface area contributed by atoms with E-state index < -0.39 is 18.0 Å². The Kier molecular flexibility index (Phi) is 4.89. The summed E-state index contributed by atoms with van der Waals surface area (Å²) >= 11 is 0. The summed E-state index contributed by atoms with van der Waals surface area (Å²) in [7, 11) is 1.41. The van der Waals surface area contributed by atoms with Gasteiger partial charge in [-0.3, -0.25) is 9.59 Å². The third-order valence-corrected chi connectivity index (χ3v) is 2.96. The number of aryl methyl sites for hydroxylation is 2. The Morgan fingerprint density at radius 3 is 2.74 bits per heavy atom.